The number of hydrogen-bond donors (Lipinski definition) is 0. The Bertz CT molecular complexity index is 8360. The first-order chi connectivity index (χ1) is 69.5. The molecule has 0 radical (unpaired) electrons. The van der Waals surface area contributed by atoms with Crippen molar-refractivity contribution in [1.82, 2.24) is 9.13 Å². The molecule has 0 N–H and O–H groups in total. The second kappa shape index (κ2) is 30.5. The summed E-state index contributed by atoms with van der Waals surface area (Å²) in [5, 5.41) is 1.30. The predicted molar refractivity (Wildman–Crippen MR) is 563 cm³/mol. The molecule has 0 saturated carbocycles. The number of nitrogens with zero attached hydrogens (tertiary/aromatic N) is 4. The van der Waals surface area contributed by atoms with Crippen molar-refractivity contribution in [3.63, 3.8) is 0 Å². The van der Waals surface area contributed by atoms with Gasteiger partial charge in [0.25, 0.3) is 6.71 Å². The van der Waals surface area contributed by atoms with Crippen LogP contribution in [-0.2, 0) is 54.1 Å². The van der Waals surface area contributed by atoms with Gasteiger partial charge in [-0.05, 0) is 250 Å². The highest BCUT2D eigenvalue weighted by Gasteiger charge is 2.47. The molecule has 0 fully saturated rings. The van der Waals surface area contributed by atoms with Crippen molar-refractivity contribution in [2.24, 2.45) is 0 Å². The van der Waals surface area contributed by atoms with Gasteiger partial charge in [0.1, 0.15) is 0 Å². The number of hydrogen-bond acceptors (Lipinski definition) is 2. The van der Waals surface area contributed by atoms with Crippen LogP contribution in [0.5, 0.6) is 0 Å². The van der Waals surface area contributed by atoms with Gasteiger partial charge in [-0.1, -0.05) is 389 Å². The lowest BCUT2D eigenvalue weighted by molar-refractivity contribution is 0.569. The molecule has 16 aromatic rings. The third-order valence-electron chi connectivity index (χ3n) is 26.2. The fourth-order valence-corrected chi connectivity index (χ4v) is 18.6. The van der Waals surface area contributed by atoms with Crippen molar-refractivity contribution in [2.75, 3.05) is 9.80 Å². The molecule has 0 spiro atoms. The highest BCUT2D eigenvalue weighted by atomic mass is 15.2. The zero-order chi connectivity index (χ0) is 111. The summed E-state index contributed by atoms with van der Waals surface area (Å²) < 4.78 is 233. The standard InChI is InChI=1S/C124H135BN4/c1-115(2,3)81-49-44-77(45-50-81)94-69-88(122(22,23)24)71-96(80-62-86(120(16,17)18)65-87(63-80)121(19,20)21)113(94)128-108-64-79(76-38-32-31-33-39-76)48-58-102(108)125-103-59-56-90(126-106-60-54-84(118(10,11)12)67-98(106)99-68-85(119(13,14)15)55-61-107(99)126)73-109(103)129(111-75-91(74-110(128)112(111)125)127-104-42-36-34-40-92(104)93-41-35-37-43-105(93)127)114-95(78-46-51-82(52-47-78)116(4,5)6)70-89(123(25,26)27)72-100(114)97-66-83(117(7,8)9)53-57-101(97)124(28,29)30/h31-75H,1-30H3/i31D,32D,33D,34D,35D,36D,37D,38D,39D,40D,41D,42D,43D,46D,47D,51D,52D,53D,57D,66D,70D,72D. The van der Waals surface area contributed by atoms with E-state index in [-0.39, 0.29) is 146 Å². The van der Waals surface area contributed by atoms with E-state index in [9.17, 15) is 28.8 Å². The molecular formula is C124H135BN4. The summed E-state index contributed by atoms with van der Waals surface area (Å²) in [6.07, 6.45) is 0. The molecule has 0 bridgehead atoms. The molecule has 0 saturated heterocycles. The number of benzene rings is 14. The average Bonchev–Trinajstić information content (AvgIpc) is 1.60. The molecule has 18 rings (SSSR count). The molecule has 2 aliphatic rings. The molecule has 0 aliphatic carbocycles. The van der Waals surface area contributed by atoms with Gasteiger partial charge < -0.3 is 18.9 Å². The van der Waals surface area contributed by atoms with Gasteiger partial charge in [0.05, 0.1) is 69.3 Å². The molecule has 0 unspecified atom stereocenters. The van der Waals surface area contributed by atoms with Gasteiger partial charge in [0.15, 0.2) is 0 Å². The first-order valence-corrected chi connectivity index (χ1v) is 45.6. The zero-order valence-corrected chi connectivity index (χ0v) is 81.1. The van der Waals surface area contributed by atoms with Crippen molar-refractivity contribution in [1.29, 1.82) is 0 Å². The fraction of sp³-hybridized carbons (Fsp3) is 0.323. The van der Waals surface area contributed by atoms with Crippen LogP contribution in [0.15, 0.2) is 272 Å². The minimum Gasteiger partial charge on any atom is -0.310 e. The topological polar surface area (TPSA) is 16.3 Å². The lowest BCUT2D eigenvalue weighted by Crippen LogP contribution is -2.61. The first kappa shape index (κ1) is 65.0. The minimum atomic E-state index is -1.29. The SMILES string of the molecule is [2H]c1c([2H])c([2H])c(-c2ccc3c(c2)N(c2c(-c4ccc(C(C)(C)C)cc4)cc(C(C)(C)C)cc2-c2cc(C(C)(C)C)cc(C(C)(C)C)c2)c2cc(-n4c5c([2H])c([2H])c([2H])c([2H])c5c5c([2H])c([2H])c([2H])c([2H])c54)cc4c2B3c2ccc(-n3c5ccc(C(C)(C)C)cc5c5cc(C(C)(C)C)ccc53)cc2N4c2c(-c3c([2H])c([2H])c(C(C)(C)C)c([2H])c3[2H])c([2H])c(C(C)(C)C)c([2H])c2-c2c([2H])c(C(C)(C)C)c([2H])c([2H])c2C(C)(C)C)c([2H])c1[2H]. The van der Waals surface area contributed by atoms with E-state index in [2.05, 4.69) is 225 Å². The molecule has 2 aromatic heterocycles. The zero-order valence-electron chi connectivity index (χ0n) is 103. The maximum Gasteiger partial charge on any atom is 0.252 e. The van der Waals surface area contributed by atoms with Crippen LogP contribution in [0.4, 0.5) is 34.1 Å². The van der Waals surface area contributed by atoms with Crippen LogP contribution < -0.4 is 26.2 Å². The van der Waals surface area contributed by atoms with Crippen LogP contribution in [0.2, 0.25) is 0 Å². The van der Waals surface area contributed by atoms with Crippen LogP contribution in [-0.4, -0.2) is 15.8 Å². The number of aromatic nitrogens is 2. The smallest absolute Gasteiger partial charge is 0.252 e. The molecule has 0 amide bonds. The highest BCUT2D eigenvalue weighted by Crippen LogP contribution is 2.58. The van der Waals surface area contributed by atoms with Crippen molar-refractivity contribution in [3.05, 3.63) is 328 Å². The van der Waals surface area contributed by atoms with Crippen molar-refractivity contribution in [3.8, 4) is 67.0 Å². The van der Waals surface area contributed by atoms with Gasteiger partial charge >= 0.3 is 0 Å². The third-order valence-corrected chi connectivity index (χ3v) is 26.2. The lowest BCUT2D eigenvalue weighted by Gasteiger charge is -2.46. The van der Waals surface area contributed by atoms with E-state index in [1.54, 1.807) is 32.9 Å². The lowest BCUT2D eigenvalue weighted by atomic mass is 9.33. The van der Waals surface area contributed by atoms with E-state index in [4.69, 9.17) is 1.37 Å². The summed E-state index contributed by atoms with van der Waals surface area (Å²) in [7, 11) is 0. The number of anilines is 6. The van der Waals surface area contributed by atoms with E-state index >= 15 is 0 Å². The third kappa shape index (κ3) is 15.7. The molecule has 4 heterocycles. The van der Waals surface area contributed by atoms with Crippen LogP contribution in [0, 0.1) is 0 Å². The Balaban J connectivity index is 1.22. The number of rotatable bonds is 9. The van der Waals surface area contributed by atoms with Gasteiger partial charge in [-0.3, -0.25) is 0 Å². The fourth-order valence-electron chi connectivity index (χ4n) is 18.6. The Morgan fingerprint density at radius 3 is 1.12 bits per heavy atom. The Hall–Kier alpha value is -11.7. The molecule has 5 heteroatoms. The minimum absolute atomic E-state index is 0.0253. The van der Waals surface area contributed by atoms with Gasteiger partial charge in [-0.15, -0.1) is 0 Å². The van der Waals surface area contributed by atoms with E-state index < -0.39 is 153 Å². The Morgan fingerprint density at radius 2 is 0.628 bits per heavy atom. The van der Waals surface area contributed by atoms with E-state index in [1.165, 1.54) is 4.57 Å². The molecule has 2 aliphatic heterocycles. The Labute approximate surface area is 802 Å². The second-order valence-electron chi connectivity index (χ2n) is 46.4. The Morgan fingerprint density at radius 1 is 0.225 bits per heavy atom. The van der Waals surface area contributed by atoms with Gasteiger partial charge in [0.2, 0.25) is 0 Å². The highest BCUT2D eigenvalue weighted by molar-refractivity contribution is 7.00. The monoisotopic (exact) mass is 1710 g/mol. The van der Waals surface area contributed by atoms with E-state index in [1.807, 2.05) is 104 Å². The van der Waals surface area contributed by atoms with Crippen molar-refractivity contribution >= 4 is 101 Å². The number of para-hydroxylation sites is 2. The molecule has 654 valence electrons. The molecule has 14 aromatic carbocycles. The van der Waals surface area contributed by atoms with Crippen LogP contribution in [0.3, 0.4) is 0 Å². The van der Waals surface area contributed by atoms with Crippen LogP contribution >= 0.6 is 0 Å². The maximum atomic E-state index is 12.0. The molecule has 129 heavy (non-hydrogen) atoms. The quantitative estimate of drug-likeness (QED) is 0.134. The largest absolute Gasteiger partial charge is 0.310 e. The summed E-state index contributed by atoms with van der Waals surface area (Å²) in [5.41, 5.74) is 5.04. The summed E-state index contributed by atoms with van der Waals surface area (Å²) >= 11 is 0. The van der Waals surface area contributed by atoms with Gasteiger partial charge in [-0.2, -0.15) is 0 Å². The summed E-state index contributed by atoms with van der Waals surface area (Å²) in [6.45, 7) is 60.0. The van der Waals surface area contributed by atoms with Crippen molar-refractivity contribution in [2.45, 2.75) is 262 Å². The number of fused-ring (bicyclic) bond motifs is 10. The predicted octanol–water partition coefficient (Wildman–Crippen LogP) is 33.3. The summed E-state index contributed by atoms with van der Waals surface area (Å²) in [6, 6.07) is 36.1. The molecular weight excluding hydrogens is 1560 g/mol. The normalized spacial score (nSPS) is 16.2. The van der Waals surface area contributed by atoms with Crippen LogP contribution in [0.25, 0.3) is 111 Å². The summed E-state index contributed by atoms with van der Waals surface area (Å²) in [5.74, 6) is 0. The average molecular weight is 1710 g/mol. The molecule has 0 atom stereocenters. The molecule has 4 nitrogen and oxygen atoms in total. The van der Waals surface area contributed by atoms with E-state index in [0.717, 1.165) is 66.3 Å². The van der Waals surface area contributed by atoms with Crippen molar-refractivity contribution < 1.29 is 30.2 Å². The van der Waals surface area contributed by atoms with Gasteiger partial charge in [0, 0.05) is 72.2 Å². The Kier molecular flexibility index (Phi) is 15.4. The van der Waals surface area contributed by atoms with Gasteiger partial charge in [-0.25, -0.2) is 0 Å². The summed E-state index contributed by atoms with van der Waals surface area (Å²) in [4.78, 5) is 4.01. The maximum absolute atomic E-state index is 12.0. The van der Waals surface area contributed by atoms with E-state index in [0.29, 0.717) is 44.6 Å². The van der Waals surface area contributed by atoms with Crippen LogP contribution in [0.1, 0.15) is 294 Å². The first-order valence-electron chi connectivity index (χ1n) is 56.6. The second-order valence-corrected chi connectivity index (χ2v) is 46.4.